The first-order valence-electron chi connectivity index (χ1n) is 8.27. The van der Waals surface area contributed by atoms with E-state index in [1.165, 1.54) is 19.3 Å². The molecule has 1 aromatic heterocycles. The fourth-order valence-electron chi connectivity index (χ4n) is 2.62. The lowest BCUT2D eigenvalue weighted by atomic mass is 10.1. The van der Waals surface area contributed by atoms with Gasteiger partial charge in [-0.1, -0.05) is 17.7 Å². The molecule has 1 aromatic carbocycles. The first-order chi connectivity index (χ1) is 11.7. The van der Waals surface area contributed by atoms with Crippen LogP contribution in [0.1, 0.15) is 24.8 Å². The highest BCUT2D eigenvalue weighted by Crippen LogP contribution is 2.16. The normalized spacial score (nSPS) is 14.3. The summed E-state index contributed by atoms with van der Waals surface area (Å²) in [5, 5.41) is 2.75. The van der Waals surface area contributed by atoms with Crippen LogP contribution in [0, 0.1) is 6.92 Å². The second kappa shape index (κ2) is 7.77. The molecule has 3 rings (SSSR count). The van der Waals surface area contributed by atoms with Crippen LogP contribution in [0.15, 0.2) is 36.7 Å². The van der Waals surface area contributed by atoms with E-state index < -0.39 is 0 Å². The number of hydrogen-bond donors (Lipinski definition) is 1. The summed E-state index contributed by atoms with van der Waals surface area (Å²) in [5.74, 6) is 1.17. The van der Waals surface area contributed by atoms with Gasteiger partial charge in [0.2, 0.25) is 5.95 Å². The monoisotopic (exact) mass is 326 g/mol. The van der Waals surface area contributed by atoms with E-state index in [2.05, 4.69) is 20.2 Å². The molecule has 1 aliphatic heterocycles. The topological polar surface area (TPSA) is 67.3 Å². The van der Waals surface area contributed by atoms with Crippen LogP contribution in [-0.2, 0) is 4.79 Å². The van der Waals surface area contributed by atoms with E-state index in [4.69, 9.17) is 4.74 Å². The van der Waals surface area contributed by atoms with Crippen LogP contribution in [-0.4, -0.2) is 35.6 Å². The van der Waals surface area contributed by atoms with E-state index in [9.17, 15) is 4.79 Å². The number of amides is 1. The molecule has 1 fully saturated rings. The van der Waals surface area contributed by atoms with Gasteiger partial charge in [0.1, 0.15) is 5.75 Å². The molecule has 0 radical (unpaired) electrons. The number of carbonyl (C=O) groups excluding carboxylic acids is 1. The Morgan fingerprint density at radius 2 is 1.79 bits per heavy atom. The maximum atomic E-state index is 11.9. The third-order valence-corrected chi connectivity index (χ3v) is 3.95. The van der Waals surface area contributed by atoms with E-state index in [0.717, 1.165) is 24.6 Å². The number of aryl methyl sites for hydroxylation is 1. The number of piperidine rings is 1. The first-order valence-corrected chi connectivity index (χ1v) is 8.27. The van der Waals surface area contributed by atoms with Crippen LogP contribution in [0.2, 0.25) is 0 Å². The first kappa shape index (κ1) is 16.2. The summed E-state index contributed by atoms with van der Waals surface area (Å²) in [4.78, 5) is 22.8. The average Bonchev–Trinajstić information content (AvgIpc) is 2.63. The van der Waals surface area contributed by atoms with Gasteiger partial charge in [0.05, 0.1) is 18.1 Å². The largest absolute Gasteiger partial charge is 0.484 e. The lowest BCUT2D eigenvalue weighted by Crippen LogP contribution is -2.31. The summed E-state index contributed by atoms with van der Waals surface area (Å²) < 4.78 is 5.45. The number of anilines is 2. The van der Waals surface area contributed by atoms with Gasteiger partial charge in [0.15, 0.2) is 6.61 Å². The second-order valence-corrected chi connectivity index (χ2v) is 5.97. The number of nitrogens with one attached hydrogen (secondary N) is 1. The van der Waals surface area contributed by atoms with E-state index in [0.29, 0.717) is 11.4 Å². The smallest absolute Gasteiger partial charge is 0.262 e. The zero-order valence-corrected chi connectivity index (χ0v) is 13.9. The Bertz CT molecular complexity index is 664. The molecule has 2 aromatic rings. The van der Waals surface area contributed by atoms with Gasteiger partial charge in [0.25, 0.3) is 5.91 Å². The third kappa shape index (κ3) is 4.44. The maximum Gasteiger partial charge on any atom is 0.262 e. The number of ether oxygens (including phenoxy) is 1. The fourth-order valence-corrected chi connectivity index (χ4v) is 2.62. The summed E-state index contributed by atoms with van der Waals surface area (Å²) in [6, 6.07) is 7.58. The Hall–Kier alpha value is -2.63. The molecule has 0 spiro atoms. The van der Waals surface area contributed by atoms with Crippen molar-refractivity contribution in [3.8, 4) is 5.75 Å². The highest BCUT2D eigenvalue weighted by Gasteiger charge is 2.13. The molecule has 0 aliphatic carbocycles. The van der Waals surface area contributed by atoms with Crippen LogP contribution in [0.3, 0.4) is 0 Å². The Morgan fingerprint density at radius 1 is 1.12 bits per heavy atom. The number of carbonyl (C=O) groups is 1. The molecule has 0 bridgehead atoms. The van der Waals surface area contributed by atoms with Crippen molar-refractivity contribution < 1.29 is 9.53 Å². The van der Waals surface area contributed by atoms with Crippen molar-refractivity contribution in [3.05, 3.63) is 42.2 Å². The number of nitrogens with zero attached hydrogens (tertiary/aromatic N) is 3. The van der Waals surface area contributed by atoms with Gasteiger partial charge in [-0.05, 0) is 38.3 Å². The summed E-state index contributed by atoms with van der Waals surface area (Å²) >= 11 is 0. The minimum Gasteiger partial charge on any atom is -0.484 e. The van der Waals surface area contributed by atoms with Crippen LogP contribution in [0.5, 0.6) is 5.75 Å². The molecule has 0 unspecified atom stereocenters. The van der Waals surface area contributed by atoms with Crippen molar-refractivity contribution in [1.29, 1.82) is 0 Å². The molecular formula is C18H22N4O2. The SMILES string of the molecule is Cc1ccc(OCC(=O)Nc2cnc(N3CCCCC3)nc2)cc1. The number of hydrogen-bond acceptors (Lipinski definition) is 5. The predicted octanol–water partition coefficient (Wildman–Crippen LogP) is 2.79. The molecule has 126 valence electrons. The van der Waals surface area contributed by atoms with E-state index in [1.54, 1.807) is 12.4 Å². The predicted molar refractivity (Wildman–Crippen MR) is 93.4 cm³/mol. The Balaban J connectivity index is 1.49. The quantitative estimate of drug-likeness (QED) is 0.915. The van der Waals surface area contributed by atoms with E-state index >= 15 is 0 Å². The molecule has 1 aliphatic rings. The maximum absolute atomic E-state index is 11.9. The van der Waals surface area contributed by atoms with Gasteiger partial charge >= 0.3 is 0 Å². The molecule has 1 N–H and O–H groups in total. The van der Waals surface area contributed by atoms with Crippen LogP contribution < -0.4 is 15.0 Å². The molecule has 6 heteroatoms. The molecule has 0 atom stereocenters. The Labute approximate surface area is 141 Å². The van der Waals surface area contributed by atoms with Crippen LogP contribution in [0.4, 0.5) is 11.6 Å². The van der Waals surface area contributed by atoms with Crippen molar-refractivity contribution >= 4 is 17.5 Å². The van der Waals surface area contributed by atoms with E-state index in [-0.39, 0.29) is 12.5 Å². The van der Waals surface area contributed by atoms with Gasteiger partial charge in [0, 0.05) is 13.1 Å². The molecule has 6 nitrogen and oxygen atoms in total. The van der Waals surface area contributed by atoms with Crippen molar-refractivity contribution in [2.75, 3.05) is 29.9 Å². The lowest BCUT2D eigenvalue weighted by molar-refractivity contribution is -0.118. The number of aromatic nitrogens is 2. The van der Waals surface area contributed by atoms with Crippen molar-refractivity contribution in [2.45, 2.75) is 26.2 Å². The summed E-state index contributed by atoms with van der Waals surface area (Å²) in [5.41, 5.74) is 1.73. The van der Waals surface area contributed by atoms with Gasteiger partial charge in [-0.3, -0.25) is 4.79 Å². The van der Waals surface area contributed by atoms with Gasteiger partial charge in [-0.2, -0.15) is 0 Å². The lowest BCUT2D eigenvalue weighted by Gasteiger charge is -2.26. The Morgan fingerprint density at radius 3 is 2.46 bits per heavy atom. The minimum absolute atomic E-state index is 0.0447. The van der Waals surface area contributed by atoms with Gasteiger partial charge < -0.3 is 15.0 Å². The second-order valence-electron chi connectivity index (χ2n) is 5.97. The minimum atomic E-state index is -0.232. The van der Waals surface area contributed by atoms with E-state index in [1.807, 2.05) is 31.2 Å². The summed E-state index contributed by atoms with van der Waals surface area (Å²) in [7, 11) is 0. The van der Waals surface area contributed by atoms with Crippen molar-refractivity contribution in [1.82, 2.24) is 9.97 Å². The van der Waals surface area contributed by atoms with Crippen LogP contribution >= 0.6 is 0 Å². The summed E-state index contributed by atoms with van der Waals surface area (Å²) in [6.07, 6.45) is 6.91. The van der Waals surface area contributed by atoms with Crippen molar-refractivity contribution in [3.63, 3.8) is 0 Å². The molecule has 0 saturated carbocycles. The highest BCUT2D eigenvalue weighted by molar-refractivity contribution is 5.91. The fraction of sp³-hybridized carbons (Fsp3) is 0.389. The highest BCUT2D eigenvalue weighted by atomic mass is 16.5. The standard InChI is InChI=1S/C18H22N4O2/c1-14-5-7-16(8-6-14)24-13-17(23)21-15-11-19-18(20-12-15)22-9-3-2-4-10-22/h5-8,11-12H,2-4,9-10,13H2,1H3,(H,21,23). The number of benzene rings is 1. The zero-order valence-electron chi connectivity index (χ0n) is 13.9. The summed E-state index contributed by atoms with van der Waals surface area (Å²) in [6.45, 7) is 3.95. The third-order valence-electron chi connectivity index (χ3n) is 3.95. The Kier molecular flexibility index (Phi) is 5.25. The number of rotatable bonds is 5. The van der Waals surface area contributed by atoms with Gasteiger partial charge in [-0.25, -0.2) is 9.97 Å². The zero-order chi connectivity index (χ0) is 16.8. The molecule has 1 amide bonds. The van der Waals surface area contributed by atoms with Gasteiger partial charge in [-0.15, -0.1) is 0 Å². The molecule has 1 saturated heterocycles. The molecular weight excluding hydrogens is 304 g/mol. The average molecular weight is 326 g/mol. The molecule has 2 heterocycles. The molecule has 24 heavy (non-hydrogen) atoms. The van der Waals surface area contributed by atoms with Crippen molar-refractivity contribution in [2.24, 2.45) is 0 Å². The van der Waals surface area contributed by atoms with Crippen LogP contribution in [0.25, 0.3) is 0 Å².